The van der Waals surface area contributed by atoms with Crippen LogP contribution in [-0.4, -0.2) is 51.0 Å². The number of benzene rings is 1. The number of fused-ring (bicyclic) bond motifs is 1. The topological polar surface area (TPSA) is 70.5 Å². The lowest BCUT2D eigenvalue weighted by Crippen LogP contribution is -2.47. The Morgan fingerprint density at radius 2 is 2.04 bits per heavy atom. The second-order valence-electron chi connectivity index (χ2n) is 7.67. The molecule has 142 valence electrons. The molecule has 2 aromatic rings. The molecule has 1 saturated heterocycles. The highest BCUT2D eigenvalue weighted by molar-refractivity contribution is 7.99. The van der Waals surface area contributed by atoms with Crippen molar-refractivity contribution in [3.63, 3.8) is 0 Å². The largest absolute Gasteiger partial charge is 0.481 e. The zero-order valence-corrected chi connectivity index (χ0v) is 16.5. The first-order chi connectivity index (χ1) is 12.9. The number of aromatic nitrogens is 1. The molecule has 1 aromatic heterocycles. The van der Waals surface area contributed by atoms with Crippen molar-refractivity contribution in [2.24, 2.45) is 0 Å². The number of carboxylic acids is 1. The third-order valence-corrected chi connectivity index (χ3v) is 6.48. The van der Waals surface area contributed by atoms with E-state index < -0.39 is 5.97 Å². The molecule has 1 saturated carbocycles. The molecular formula is C21H24N2O3S. The minimum Gasteiger partial charge on any atom is -0.481 e. The lowest BCUT2D eigenvalue weighted by molar-refractivity contribution is -0.138. The summed E-state index contributed by atoms with van der Waals surface area (Å²) in [5.74, 6) is 1.06. The second-order valence-corrected chi connectivity index (χ2v) is 8.82. The molecule has 6 heteroatoms. The summed E-state index contributed by atoms with van der Waals surface area (Å²) in [6, 6.07) is 5.84. The summed E-state index contributed by atoms with van der Waals surface area (Å²) in [6.45, 7) is 4.66. The van der Waals surface area contributed by atoms with E-state index in [-0.39, 0.29) is 18.4 Å². The number of nitrogens with zero attached hydrogens (tertiary/aromatic N) is 2. The van der Waals surface area contributed by atoms with Gasteiger partial charge in [0.25, 0.3) is 5.91 Å². The fraction of sp³-hybridized carbons (Fsp3) is 0.476. The van der Waals surface area contributed by atoms with E-state index in [2.05, 4.69) is 6.07 Å². The van der Waals surface area contributed by atoms with Crippen LogP contribution in [0.3, 0.4) is 0 Å². The molecule has 1 aliphatic heterocycles. The number of rotatable bonds is 4. The van der Waals surface area contributed by atoms with Gasteiger partial charge in [0, 0.05) is 35.0 Å². The summed E-state index contributed by atoms with van der Waals surface area (Å²) in [6.07, 6.45) is 2.24. The highest BCUT2D eigenvalue weighted by Gasteiger charge is 2.32. The molecule has 5 nitrogen and oxygen atoms in total. The number of carbonyl (C=O) groups excluding carboxylic acids is 1. The molecule has 1 unspecified atom stereocenters. The van der Waals surface area contributed by atoms with Crippen molar-refractivity contribution in [1.29, 1.82) is 0 Å². The number of carbonyl (C=O) groups is 2. The third-order valence-electron chi connectivity index (χ3n) is 5.39. The second kappa shape index (κ2) is 7.15. The molecule has 1 amide bonds. The van der Waals surface area contributed by atoms with Gasteiger partial charge in [-0.3, -0.25) is 14.6 Å². The van der Waals surface area contributed by atoms with Crippen LogP contribution < -0.4 is 0 Å². The molecule has 1 aliphatic carbocycles. The van der Waals surface area contributed by atoms with E-state index in [4.69, 9.17) is 4.98 Å². The van der Waals surface area contributed by atoms with Crippen LogP contribution in [0.2, 0.25) is 0 Å². The van der Waals surface area contributed by atoms with Crippen molar-refractivity contribution in [3.8, 4) is 0 Å². The summed E-state index contributed by atoms with van der Waals surface area (Å²) in [7, 11) is 0. The number of pyridine rings is 1. The minimum atomic E-state index is -0.856. The van der Waals surface area contributed by atoms with E-state index in [0.29, 0.717) is 23.8 Å². The lowest BCUT2D eigenvalue weighted by atomic mass is 9.99. The van der Waals surface area contributed by atoms with Crippen molar-refractivity contribution < 1.29 is 14.7 Å². The monoisotopic (exact) mass is 384 g/mol. The van der Waals surface area contributed by atoms with Crippen molar-refractivity contribution in [2.75, 3.05) is 18.1 Å². The molecule has 4 rings (SSSR count). The van der Waals surface area contributed by atoms with Gasteiger partial charge in [-0.05, 0) is 44.4 Å². The smallest absolute Gasteiger partial charge is 0.305 e. The highest BCUT2D eigenvalue weighted by atomic mass is 32.2. The quantitative estimate of drug-likeness (QED) is 0.869. The zero-order chi connectivity index (χ0) is 19.1. The van der Waals surface area contributed by atoms with Gasteiger partial charge >= 0.3 is 5.97 Å². The Balaban J connectivity index is 1.81. The average molecular weight is 385 g/mol. The molecule has 1 atom stereocenters. The average Bonchev–Trinajstić information content (AvgIpc) is 3.45. The molecular weight excluding hydrogens is 360 g/mol. The van der Waals surface area contributed by atoms with Crippen LogP contribution in [-0.2, 0) is 4.79 Å². The van der Waals surface area contributed by atoms with E-state index in [1.54, 1.807) is 16.7 Å². The van der Waals surface area contributed by atoms with E-state index in [1.165, 1.54) is 0 Å². The van der Waals surface area contributed by atoms with Gasteiger partial charge in [-0.25, -0.2) is 0 Å². The van der Waals surface area contributed by atoms with Crippen LogP contribution >= 0.6 is 11.8 Å². The number of carboxylic acid groups (broad SMARTS) is 1. The summed E-state index contributed by atoms with van der Waals surface area (Å²) >= 11 is 1.72. The Morgan fingerprint density at radius 1 is 1.26 bits per heavy atom. The fourth-order valence-electron chi connectivity index (χ4n) is 3.91. The van der Waals surface area contributed by atoms with E-state index in [9.17, 15) is 14.7 Å². The first-order valence-corrected chi connectivity index (χ1v) is 10.6. The van der Waals surface area contributed by atoms with Crippen molar-refractivity contribution in [2.45, 2.75) is 45.1 Å². The normalized spacial score (nSPS) is 20.1. The first-order valence-electron chi connectivity index (χ1n) is 9.46. The van der Waals surface area contributed by atoms with Gasteiger partial charge in [-0.1, -0.05) is 11.6 Å². The lowest BCUT2D eigenvalue weighted by Gasteiger charge is -2.35. The van der Waals surface area contributed by atoms with Gasteiger partial charge in [-0.15, -0.1) is 0 Å². The third kappa shape index (κ3) is 3.68. The van der Waals surface area contributed by atoms with E-state index in [0.717, 1.165) is 46.3 Å². The van der Waals surface area contributed by atoms with Gasteiger partial charge in [0.1, 0.15) is 0 Å². The molecule has 27 heavy (non-hydrogen) atoms. The van der Waals surface area contributed by atoms with Gasteiger partial charge in [0.15, 0.2) is 0 Å². The predicted molar refractivity (Wildman–Crippen MR) is 108 cm³/mol. The summed E-state index contributed by atoms with van der Waals surface area (Å²) in [4.78, 5) is 31.4. The Hall–Kier alpha value is -2.08. The van der Waals surface area contributed by atoms with Crippen LogP contribution in [0.1, 0.15) is 52.4 Å². The van der Waals surface area contributed by atoms with Crippen molar-refractivity contribution >= 4 is 34.5 Å². The predicted octanol–water partition coefficient (Wildman–Crippen LogP) is 3.76. The first kappa shape index (κ1) is 18.3. The van der Waals surface area contributed by atoms with Gasteiger partial charge in [-0.2, -0.15) is 11.8 Å². The zero-order valence-electron chi connectivity index (χ0n) is 15.7. The number of aliphatic carboxylic acids is 1. The van der Waals surface area contributed by atoms with E-state index >= 15 is 0 Å². The molecule has 0 bridgehead atoms. The SMILES string of the molecule is Cc1cc(C)c2nc(C3CC3)cc(C(=O)N3CCSCC3CC(=O)O)c2c1. The fourth-order valence-corrected chi connectivity index (χ4v) is 4.98. The number of amides is 1. The number of hydrogen-bond donors (Lipinski definition) is 1. The molecule has 2 heterocycles. The molecule has 0 spiro atoms. The van der Waals surface area contributed by atoms with Crippen LogP contribution in [0.25, 0.3) is 10.9 Å². The Morgan fingerprint density at radius 3 is 2.74 bits per heavy atom. The van der Waals surface area contributed by atoms with Gasteiger partial charge in [0.05, 0.1) is 23.5 Å². The number of hydrogen-bond acceptors (Lipinski definition) is 4. The summed E-state index contributed by atoms with van der Waals surface area (Å²) in [5.41, 5.74) is 4.76. The summed E-state index contributed by atoms with van der Waals surface area (Å²) < 4.78 is 0. The molecule has 1 aromatic carbocycles. The molecule has 0 radical (unpaired) electrons. The maximum Gasteiger partial charge on any atom is 0.305 e. The molecule has 2 fully saturated rings. The van der Waals surface area contributed by atoms with E-state index in [1.807, 2.05) is 26.0 Å². The Labute approximate surface area is 163 Å². The Kier molecular flexibility index (Phi) is 4.84. The minimum absolute atomic E-state index is 0.00467. The van der Waals surface area contributed by atoms with Crippen LogP contribution in [0.15, 0.2) is 18.2 Å². The highest BCUT2D eigenvalue weighted by Crippen LogP contribution is 2.41. The van der Waals surface area contributed by atoms with Crippen LogP contribution in [0, 0.1) is 13.8 Å². The van der Waals surface area contributed by atoms with Crippen LogP contribution in [0.4, 0.5) is 0 Å². The van der Waals surface area contributed by atoms with Crippen LogP contribution in [0.5, 0.6) is 0 Å². The number of thioether (sulfide) groups is 1. The van der Waals surface area contributed by atoms with Crippen molar-refractivity contribution in [3.05, 3.63) is 40.6 Å². The standard InChI is InChI=1S/C21H24N2O3S/c1-12-7-13(2)20-16(8-12)17(10-18(22-20)14-3-4-14)21(26)23-5-6-27-11-15(23)9-19(24)25/h7-8,10,14-15H,3-6,9,11H2,1-2H3,(H,24,25). The summed E-state index contributed by atoms with van der Waals surface area (Å²) in [5, 5.41) is 10.1. The van der Waals surface area contributed by atoms with Gasteiger partial charge < -0.3 is 10.0 Å². The number of aryl methyl sites for hydroxylation is 2. The van der Waals surface area contributed by atoms with Gasteiger partial charge in [0.2, 0.25) is 0 Å². The molecule has 1 N–H and O–H groups in total. The van der Waals surface area contributed by atoms with Crippen molar-refractivity contribution in [1.82, 2.24) is 9.88 Å². The Bertz CT molecular complexity index is 923. The maximum absolute atomic E-state index is 13.5. The molecule has 2 aliphatic rings. The maximum atomic E-state index is 13.5.